The molecule has 2 heterocycles. The third kappa shape index (κ3) is 4.91. The Labute approximate surface area is 213 Å². The lowest BCUT2D eigenvalue weighted by Gasteiger charge is -2.36. The van der Waals surface area contributed by atoms with Gasteiger partial charge in [-0.3, -0.25) is 8.99 Å². The molecule has 0 aliphatic carbocycles. The molecule has 0 fully saturated rings. The number of benzene rings is 2. The molecule has 0 spiro atoms. The van der Waals surface area contributed by atoms with E-state index in [-0.39, 0.29) is 38.6 Å². The Balaban J connectivity index is 1.82. The number of anilines is 1. The molecule has 0 bridgehead atoms. The predicted octanol–water partition coefficient (Wildman–Crippen LogP) is 5.25. The molecule has 2 aromatic carbocycles. The molecule has 186 valence electrons. The fraction of sp³-hybridized carbons (Fsp3) is 0.292. The average molecular weight is 540 g/mol. The third-order valence-corrected chi connectivity index (χ3v) is 8.22. The normalized spacial score (nSPS) is 17.2. The number of halogens is 3. The minimum Gasteiger partial charge on any atom is -0.484 e. The first-order chi connectivity index (χ1) is 16.5. The van der Waals surface area contributed by atoms with E-state index < -0.39 is 28.0 Å². The molecule has 0 radical (unpaired) electrons. The summed E-state index contributed by atoms with van der Waals surface area (Å²) in [5.74, 6) is -0.178. The van der Waals surface area contributed by atoms with Crippen LogP contribution in [0.15, 0.2) is 47.5 Å². The van der Waals surface area contributed by atoms with Gasteiger partial charge in [0, 0.05) is 18.3 Å². The molecule has 0 amide bonds. The van der Waals surface area contributed by atoms with Gasteiger partial charge in [-0.1, -0.05) is 41.4 Å². The van der Waals surface area contributed by atoms with Crippen molar-refractivity contribution in [3.8, 4) is 5.75 Å². The summed E-state index contributed by atoms with van der Waals surface area (Å²) in [6, 6.07) is 9.41. The lowest BCUT2D eigenvalue weighted by molar-refractivity contribution is 0.0503. The van der Waals surface area contributed by atoms with Gasteiger partial charge in [-0.2, -0.15) is 5.10 Å². The van der Waals surface area contributed by atoms with Gasteiger partial charge in [0.2, 0.25) is 0 Å². The summed E-state index contributed by atoms with van der Waals surface area (Å²) in [5.41, 5.74) is 1.70. The average Bonchev–Trinajstić information content (AvgIpc) is 3.19. The highest BCUT2D eigenvalue weighted by Gasteiger charge is 2.38. The summed E-state index contributed by atoms with van der Waals surface area (Å²) in [6.45, 7) is 5.37. The molecule has 0 saturated heterocycles. The van der Waals surface area contributed by atoms with Crippen LogP contribution in [0.2, 0.25) is 10.2 Å². The van der Waals surface area contributed by atoms with Gasteiger partial charge >= 0.3 is 0 Å². The first kappa shape index (κ1) is 25.5. The van der Waals surface area contributed by atoms with Crippen molar-refractivity contribution in [2.45, 2.75) is 44.4 Å². The quantitative estimate of drug-likeness (QED) is 0.432. The SMILES string of the molecule is CCn1cc(S(=O)(=O)N2C[C@H]([C@H](C)O)Oc3ccc(C=C(C)c4c(F)cccc4Cl)cc32)c(Cl)n1. The summed E-state index contributed by atoms with van der Waals surface area (Å²) in [6.07, 6.45) is 1.36. The summed E-state index contributed by atoms with van der Waals surface area (Å²) < 4.78 is 50.2. The van der Waals surface area contributed by atoms with Crippen molar-refractivity contribution in [3.05, 3.63) is 69.7 Å². The van der Waals surface area contributed by atoms with E-state index in [0.717, 1.165) is 4.31 Å². The number of ether oxygens (including phenoxy) is 1. The maximum atomic E-state index is 14.4. The third-order valence-electron chi connectivity index (χ3n) is 5.73. The monoisotopic (exact) mass is 539 g/mol. The molecule has 0 unspecified atom stereocenters. The summed E-state index contributed by atoms with van der Waals surface area (Å²) in [5, 5.41) is 14.3. The number of fused-ring (bicyclic) bond motifs is 1. The minimum atomic E-state index is -4.15. The summed E-state index contributed by atoms with van der Waals surface area (Å²) >= 11 is 12.4. The number of hydrogen-bond donors (Lipinski definition) is 1. The van der Waals surface area contributed by atoms with Crippen LogP contribution in [0, 0.1) is 5.82 Å². The summed E-state index contributed by atoms with van der Waals surface area (Å²) in [4.78, 5) is -0.145. The molecule has 1 N–H and O–H groups in total. The van der Waals surface area contributed by atoms with Gasteiger partial charge in [-0.25, -0.2) is 12.8 Å². The van der Waals surface area contributed by atoms with Crippen LogP contribution in [0.25, 0.3) is 11.6 Å². The topological polar surface area (TPSA) is 84.7 Å². The molecule has 7 nitrogen and oxygen atoms in total. The van der Waals surface area contributed by atoms with Crippen LogP contribution >= 0.6 is 23.2 Å². The number of nitrogens with zero attached hydrogens (tertiary/aromatic N) is 3. The molecule has 35 heavy (non-hydrogen) atoms. The number of aliphatic hydroxyl groups is 1. The van der Waals surface area contributed by atoms with E-state index >= 15 is 0 Å². The van der Waals surface area contributed by atoms with Crippen molar-refractivity contribution in [2.24, 2.45) is 0 Å². The Morgan fingerprint density at radius 2 is 2.09 bits per heavy atom. The second-order valence-electron chi connectivity index (χ2n) is 8.22. The number of hydrogen-bond acceptors (Lipinski definition) is 5. The second kappa shape index (κ2) is 9.81. The van der Waals surface area contributed by atoms with Crippen LogP contribution in [0.1, 0.15) is 31.9 Å². The van der Waals surface area contributed by atoms with Gasteiger partial charge in [-0.05, 0) is 56.2 Å². The highest BCUT2D eigenvalue weighted by Crippen LogP contribution is 2.40. The van der Waals surface area contributed by atoms with Gasteiger partial charge in [-0.15, -0.1) is 0 Å². The Morgan fingerprint density at radius 3 is 2.71 bits per heavy atom. The maximum Gasteiger partial charge on any atom is 0.269 e. The number of aromatic nitrogens is 2. The molecule has 3 aromatic rings. The summed E-state index contributed by atoms with van der Waals surface area (Å²) in [7, 11) is -4.15. The van der Waals surface area contributed by atoms with Crippen LogP contribution < -0.4 is 9.04 Å². The second-order valence-corrected chi connectivity index (χ2v) is 10.8. The van der Waals surface area contributed by atoms with Crippen LogP contribution in [-0.4, -0.2) is 42.1 Å². The molecule has 11 heteroatoms. The zero-order valence-electron chi connectivity index (χ0n) is 19.2. The minimum absolute atomic E-state index is 0.133. The van der Waals surface area contributed by atoms with Crippen LogP contribution in [-0.2, 0) is 16.6 Å². The van der Waals surface area contributed by atoms with Gasteiger partial charge in [0.15, 0.2) is 5.15 Å². The number of aryl methyl sites for hydroxylation is 1. The van der Waals surface area contributed by atoms with Crippen molar-refractivity contribution in [1.29, 1.82) is 0 Å². The number of rotatable bonds is 6. The standard InChI is InChI=1S/C24H24Cl2FN3O4S/c1-4-29-13-22(24(26)28-29)35(32,33)30-12-21(15(3)31)34-20-9-8-16(11-19(20)30)10-14(2)23-17(25)6-5-7-18(23)27/h5-11,13,15,21,31H,4,12H2,1-3H3/t15-,21+/m0/s1. The molecular weight excluding hydrogens is 516 g/mol. The van der Waals surface area contributed by atoms with E-state index in [0.29, 0.717) is 17.7 Å². The Bertz CT molecular complexity index is 1390. The highest BCUT2D eigenvalue weighted by atomic mass is 35.5. The lowest BCUT2D eigenvalue weighted by atomic mass is 10.0. The first-order valence-corrected chi connectivity index (χ1v) is 13.1. The largest absolute Gasteiger partial charge is 0.484 e. The van der Waals surface area contributed by atoms with Crippen molar-refractivity contribution in [1.82, 2.24) is 9.78 Å². The van der Waals surface area contributed by atoms with E-state index in [1.165, 1.54) is 29.9 Å². The Hall–Kier alpha value is -2.59. The molecule has 1 aromatic heterocycles. The molecule has 1 aliphatic heterocycles. The molecule has 0 saturated carbocycles. The maximum absolute atomic E-state index is 14.4. The van der Waals surface area contributed by atoms with Gasteiger partial charge in [0.25, 0.3) is 10.0 Å². The number of sulfonamides is 1. The zero-order valence-corrected chi connectivity index (χ0v) is 21.6. The van der Waals surface area contributed by atoms with Crippen molar-refractivity contribution in [2.75, 3.05) is 10.8 Å². The van der Waals surface area contributed by atoms with E-state index in [1.807, 2.05) is 6.92 Å². The Morgan fingerprint density at radius 1 is 1.34 bits per heavy atom. The van der Waals surface area contributed by atoms with Crippen LogP contribution in [0.3, 0.4) is 0 Å². The van der Waals surface area contributed by atoms with Crippen molar-refractivity contribution in [3.63, 3.8) is 0 Å². The number of aliphatic hydroxyl groups excluding tert-OH is 1. The van der Waals surface area contributed by atoms with E-state index in [1.54, 1.807) is 37.3 Å². The predicted molar refractivity (Wildman–Crippen MR) is 135 cm³/mol. The fourth-order valence-electron chi connectivity index (χ4n) is 3.89. The van der Waals surface area contributed by atoms with Crippen LogP contribution in [0.4, 0.5) is 10.1 Å². The number of allylic oxidation sites excluding steroid dienone is 1. The van der Waals surface area contributed by atoms with E-state index in [4.69, 9.17) is 27.9 Å². The Kier molecular flexibility index (Phi) is 7.15. The van der Waals surface area contributed by atoms with E-state index in [2.05, 4.69) is 5.10 Å². The fourth-order valence-corrected chi connectivity index (χ4v) is 6.13. The van der Waals surface area contributed by atoms with Gasteiger partial charge in [0.05, 0.1) is 23.4 Å². The van der Waals surface area contributed by atoms with Crippen molar-refractivity contribution >= 4 is 50.6 Å². The van der Waals surface area contributed by atoms with Gasteiger partial charge < -0.3 is 9.84 Å². The van der Waals surface area contributed by atoms with Gasteiger partial charge in [0.1, 0.15) is 22.6 Å². The van der Waals surface area contributed by atoms with Crippen LogP contribution in [0.5, 0.6) is 5.75 Å². The molecular formula is C24H24Cl2FN3O4S. The first-order valence-electron chi connectivity index (χ1n) is 10.9. The molecule has 2 atom stereocenters. The lowest BCUT2D eigenvalue weighted by Crippen LogP contribution is -2.47. The van der Waals surface area contributed by atoms with Crippen molar-refractivity contribution < 1.29 is 22.7 Å². The smallest absolute Gasteiger partial charge is 0.269 e. The zero-order chi connectivity index (χ0) is 25.5. The highest BCUT2D eigenvalue weighted by molar-refractivity contribution is 7.93. The van der Waals surface area contributed by atoms with E-state index in [9.17, 15) is 17.9 Å². The molecule has 4 rings (SSSR count). The molecule has 1 aliphatic rings.